The Morgan fingerprint density at radius 3 is 2.83 bits per heavy atom. The third-order valence-corrected chi connectivity index (χ3v) is 4.96. The summed E-state index contributed by atoms with van der Waals surface area (Å²) in [7, 11) is 1.52. The number of carbonyl (C=O) groups is 2. The summed E-state index contributed by atoms with van der Waals surface area (Å²) < 4.78 is 10.5. The number of fused-ring (bicyclic) bond motifs is 3. The molecule has 3 heterocycles. The van der Waals surface area contributed by atoms with Gasteiger partial charge in [0.2, 0.25) is 0 Å². The minimum Gasteiger partial charge on any atom is -0.497 e. The molecular formula is C21H22N4O4. The van der Waals surface area contributed by atoms with Crippen LogP contribution in [0.4, 0.5) is 16.2 Å². The zero-order valence-corrected chi connectivity index (χ0v) is 16.6. The van der Waals surface area contributed by atoms with E-state index in [9.17, 15) is 9.59 Å². The van der Waals surface area contributed by atoms with E-state index in [2.05, 4.69) is 9.97 Å². The van der Waals surface area contributed by atoms with Gasteiger partial charge in [-0.1, -0.05) is 0 Å². The molecule has 0 atom stereocenters. The second kappa shape index (κ2) is 7.46. The number of anilines is 2. The van der Waals surface area contributed by atoms with Gasteiger partial charge in [0.25, 0.3) is 0 Å². The summed E-state index contributed by atoms with van der Waals surface area (Å²) in [6.07, 6.45) is 3.60. The molecule has 0 saturated heterocycles. The highest BCUT2D eigenvalue weighted by atomic mass is 16.5. The predicted octanol–water partition coefficient (Wildman–Crippen LogP) is 3.71. The van der Waals surface area contributed by atoms with E-state index in [1.165, 1.54) is 7.11 Å². The molecule has 1 aliphatic heterocycles. The molecule has 1 N–H and O–H groups in total. The Hall–Kier alpha value is -3.55. The Labute approximate surface area is 168 Å². The lowest BCUT2D eigenvalue weighted by atomic mass is 10.1. The van der Waals surface area contributed by atoms with Crippen molar-refractivity contribution in [2.75, 3.05) is 30.1 Å². The molecule has 0 aliphatic carbocycles. The number of urea groups is 1. The Balaban J connectivity index is 1.81. The number of H-pyrrole nitrogens is 1. The molecule has 4 rings (SSSR count). The SMILES string of the molecule is CCOC(=O)c1cc(OC)cc(N2Cc3cnc4[nH]ccc4c3N(CC)C2=O)c1. The van der Waals surface area contributed by atoms with E-state index in [-0.39, 0.29) is 12.6 Å². The van der Waals surface area contributed by atoms with E-state index in [4.69, 9.17) is 9.47 Å². The summed E-state index contributed by atoms with van der Waals surface area (Å²) in [5, 5.41) is 0.912. The van der Waals surface area contributed by atoms with Crippen LogP contribution in [-0.2, 0) is 11.3 Å². The Morgan fingerprint density at radius 2 is 2.10 bits per heavy atom. The van der Waals surface area contributed by atoms with Gasteiger partial charge in [-0.15, -0.1) is 0 Å². The number of benzene rings is 1. The predicted molar refractivity (Wildman–Crippen MR) is 110 cm³/mol. The van der Waals surface area contributed by atoms with Crippen molar-refractivity contribution in [3.63, 3.8) is 0 Å². The van der Waals surface area contributed by atoms with Crippen LogP contribution in [0.1, 0.15) is 29.8 Å². The average molecular weight is 394 g/mol. The number of nitrogens with one attached hydrogen (secondary N) is 1. The number of methoxy groups -OCH3 is 1. The zero-order chi connectivity index (χ0) is 20.5. The van der Waals surface area contributed by atoms with E-state index >= 15 is 0 Å². The van der Waals surface area contributed by atoms with Crippen LogP contribution >= 0.6 is 0 Å². The molecular weight excluding hydrogens is 372 g/mol. The summed E-state index contributed by atoms with van der Waals surface area (Å²) in [4.78, 5) is 36.5. The minimum atomic E-state index is -0.458. The van der Waals surface area contributed by atoms with Crippen molar-refractivity contribution in [3.8, 4) is 5.75 Å². The molecule has 0 unspecified atom stereocenters. The van der Waals surface area contributed by atoms with Crippen LogP contribution in [0, 0.1) is 0 Å². The summed E-state index contributed by atoms with van der Waals surface area (Å²) in [6, 6.07) is 6.75. The van der Waals surface area contributed by atoms with Crippen molar-refractivity contribution in [1.29, 1.82) is 0 Å². The van der Waals surface area contributed by atoms with Crippen molar-refractivity contribution < 1.29 is 19.1 Å². The van der Waals surface area contributed by atoms with E-state index in [0.29, 0.717) is 30.1 Å². The van der Waals surface area contributed by atoms with Gasteiger partial charge in [0.15, 0.2) is 0 Å². The van der Waals surface area contributed by atoms with Gasteiger partial charge in [0.05, 0.1) is 37.2 Å². The van der Waals surface area contributed by atoms with Crippen molar-refractivity contribution in [2.24, 2.45) is 0 Å². The van der Waals surface area contributed by atoms with Gasteiger partial charge < -0.3 is 14.5 Å². The van der Waals surface area contributed by atoms with Gasteiger partial charge in [-0.05, 0) is 32.0 Å². The minimum absolute atomic E-state index is 0.170. The zero-order valence-electron chi connectivity index (χ0n) is 16.6. The lowest BCUT2D eigenvalue weighted by molar-refractivity contribution is 0.0526. The molecule has 1 aromatic carbocycles. The van der Waals surface area contributed by atoms with Crippen LogP contribution in [0.5, 0.6) is 5.75 Å². The summed E-state index contributed by atoms with van der Waals surface area (Å²) >= 11 is 0. The quantitative estimate of drug-likeness (QED) is 0.667. The molecule has 0 radical (unpaired) electrons. The van der Waals surface area contributed by atoms with E-state index < -0.39 is 5.97 Å². The van der Waals surface area contributed by atoms with Gasteiger partial charge in [-0.3, -0.25) is 9.80 Å². The summed E-state index contributed by atoms with van der Waals surface area (Å²) in [6.45, 7) is 4.79. The Bertz CT molecular complexity index is 1090. The number of rotatable bonds is 5. The Morgan fingerprint density at radius 1 is 1.28 bits per heavy atom. The number of ether oxygens (including phenoxy) is 2. The lowest BCUT2D eigenvalue weighted by Crippen LogP contribution is -2.47. The fraction of sp³-hybridized carbons (Fsp3) is 0.286. The second-order valence-electron chi connectivity index (χ2n) is 6.63. The number of hydrogen-bond donors (Lipinski definition) is 1. The molecule has 1 aliphatic rings. The molecule has 8 heteroatoms. The monoisotopic (exact) mass is 394 g/mol. The lowest BCUT2D eigenvalue weighted by Gasteiger charge is -2.37. The molecule has 2 amide bonds. The van der Waals surface area contributed by atoms with Crippen molar-refractivity contribution in [3.05, 3.63) is 47.8 Å². The van der Waals surface area contributed by atoms with E-state index in [0.717, 1.165) is 22.3 Å². The normalized spacial score (nSPS) is 13.6. The largest absolute Gasteiger partial charge is 0.497 e. The maximum Gasteiger partial charge on any atom is 0.338 e. The maximum absolute atomic E-state index is 13.4. The molecule has 29 heavy (non-hydrogen) atoms. The number of pyridine rings is 1. The van der Waals surface area contributed by atoms with Gasteiger partial charge in [0, 0.05) is 36.0 Å². The standard InChI is InChI=1S/C21H22N4O4/c1-4-24-18-14(11-23-19-17(18)6-7-22-19)12-25(21(24)27)15-8-13(20(26)29-5-2)9-16(10-15)28-3/h6-11H,4-5,12H2,1-3H3,(H,22,23). The van der Waals surface area contributed by atoms with Crippen LogP contribution < -0.4 is 14.5 Å². The number of nitrogens with zero attached hydrogens (tertiary/aromatic N) is 3. The highest BCUT2D eigenvalue weighted by Gasteiger charge is 2.33. The molecule has 0 bridgehead atoms. The number of amides is 2. The molecule has 150 valence electrons. The molecule has 8 nitrogen and oxygen atoms in total. The number of hydrogen-bond acceptors (Lipinski definition) is 5. The molecule has 0 saturated carbocycles. The van der Waals surface area contributed by atoms with Crippen LogP contribution in [0.15, 0.2) is 36.7 Å². The maximum atomic E-state index is 13.4. The average Bonchev–Trinajstić information content (AvgIpc) is 3.22. The first-order valence-electron chi connectivity index (χ1n) is 9.47. The topological polar surface area (TPSA) is 87.8 Å². The first-order chi connectivity index (χ1) is 14.1. The van der Waals surface area contributed by atoms with E-state index in [1.54, 1.807) is 41.1 Å². The Kier molecular flexibility index (Phi) is 4.84. The highest BCUT2D eigenvalue weighted by molar-refractivity contribution is 6.11. The van der Waals surface area contributed by atoms with Crippen LogP contribution in [0.3, 0.4) is 0 Å². The van der Waals surface area contributed by atoms with Gasteiger partial charge in [0.1, 0.15) is 11.4 Å². The fourth-order valence-corrected chi connectivity index (χ4v) is 3.63. The fourth-order valence-electron chi connectivity index (χ4n) is 3.63. The first kappa shape index (κ1) is 18.8. The highest BCUT2D eigenvalue weighted by Crippen LogP contribution is 2.37. The van der Waals surface area contributed by atoms with Gasteiger partial charge >= 0.3 is 12.0 Å². The van der Waals surface area contributed by atoms with Gasteiger partial charge in [-0.25, -0.2) is 14.6 Å². The first-order valence-corrected chi connectivity index (χ1v) is 9.47. The third kappa shape index (κ3) is 3.16. The van der Waals surface area contributed by atoms with Gasteiger partial charge in [-0.2, -0.15) is 0 Å². The number of aromatic amines is 1. The molecule has 3 aromatic rings. The van der Waals surface area contributed by atoms with Crippen molar-refractivity contribution >= 4 is 34.4 Å². The van der Waals surface area contributed by atoms with Crippen molar-refractivity contribution in [1.82, 2.24) is 9.97 Å². The molecule has 0 fully saturated rings. The smallest absolute Gasteiger partial charge is 0.338 e. The van der Waals surface area contributed by atoms with Crippen LogP contribution in [-0.4, -0.2) is 42.2 Å². The third-order valence-electron chi connectivity index (χ3n) is 4.96. The number of carbonyl (C=O) groups excluding carboxylic acids is 2. The van der Waals surface area contributed by atoms with Crippen LogP contribution in [0.25, 0.3) is 11.0 Å². The second-order valence-corrected chi connectivity index (χ2v) is 6.63. The summed E-state index contributed by atoms with van der Waals surface area (Å²) in [5.74, 6) is 0.0203. The van der Waals surface area contributed by atoms with Crippen molar-refractivity contribution in [2.45, 2.75) is 20.4 Å². The molecule has 2 aromatic heterocycles. The number of esters is 1. The van der Waals surface area contributed by atoms with Crippen LogP contribution in [0.2, 0.25) is 0 Å². The van der Waals surface area contributed by atoms with E-state index in [1.807, 2.05) is 19.2 Å². The number of aromatic nitrogens is 2. The summed E-state index contributed by atoms with van der Waals surface area (Å²) in [5.41, 5.74) is 3.44. The molecule has 0 spiro atoms.